The van der Waals surface area contributed by atoms with Crippen molar-refractivity contribution in [2.24, 2.45) is 5.41 Å². The number of pyridine rings is 1. The number of piperidine rings is 1. The van der Waals surface area contributed by atoms with E-state index in [4.69, 9.17) is 0 Å². The Balaban J connectivity index is 1.89. The molecule has 0 spiro atoms. The van der Waals surface area contributed by atoms with Gasteiger partial charge in [0, 0.05) is 28.9 Å². The fourth-order valence-corrected chi connectivity index (χ4v) is 3.13. The molecule has 1 aromatic carbocycles. The van der Waals surface area contributed by atoms with E-state index in [2.05, 4.69) is 22.5 Å². The second-order valence-electron chi connectivity index (χ2n) is 5.74. The van der Waals surface area contributed by atoms with Gasteiger partial charge in [-0.1, -0.05) is 19.1 Å². The average molecular weight is 283 g/mol. The second-order valence-corrected chi connectivity index (χ2v) is 5.74. The Morgan fingerprint density at radius 2 is 2.14 bits per heavy atom. The Bertz CT molecular complexity index is 642. The van der Waals surface area contributed by atoms with Crippen molar-refractivity contribution in [2.45, 2.75) is 26.2 Å². The largest absolute Gasteiger partial charge is 0.325 e. The summed E-state index contributed by atoms with van der Waals surface area (Å²) in [5, 5.41) is 8.58. The summed E-state index contributed by atoms with van der Waals surface area (Å²) >= 11 is 0. The van der Waals surface area contributed by atoms with Crippen molar-refractivity contribution in [1.29, 1.82) is 0 Å². The summed E-state index contributed by atoms with van der Waals surface area (Å²) in [5.74, 6) is 0.149. The first-order chi connectivity index (χ1) is 10.2. The van der Waals surface area contributed by atoms with Gasteiger partial charge in [0.2, 0.25) is 5.91 Å². The molecular weight excluding hydrogens is 262 g/mol. The molecule has 4 heteroatoms. The predicted molar refractivity (Wildman–Crippen MR) is 85.2 cm³/mol. The van der Waals surface area contributed by atoms with Crippen LogP contribution in [-0.4, -0.2) is 24.0 Å². The minimum atomic E-state index is -0.236. The molecule has 3 rings (SSSR count). The third kappa shape index (κ3) is 2.63. The zero-order valence-electron chi connectivity index (χ0n) is 12.4. The standard InChI is InChI=1S/C17H21N3O/c1-2-17(7-10-18-11-8-17)16(21)20-15-5-3-4-13-12-19-9-6-14(13)15/h3-6,9,12,18H,2,7-8,10-11H2,1H3,(H,20,21). The lowest BCUT2D eigenvalue weighted by atomic mass is 9.76. The Labute approximate surface area is 125 Å². The average Bonchev–Trinajstić information content (AvgIpc) is 2.56. The van der Waals surface area contributed by atoms with E-state index in [9.17, 15) is 4.79 Å². The second kappa shape index (κ2) is 5.82. The van der Waals surface area contributed by atoms with Crippen molar-refractivity contribution in [2.75, 3.05) is 18.4 Å². The molecule has 0 saturated carbocycles. The fraction of sp³-hybridized carbons (Fsp3) is 0.412. The summed E-state index contributed by atoms with van der Waals surface area (Å²) in [4.78, 5) is 16.9. The molecule has 2 aromatic rings. The molecule has 0 radical (unpaired) electrons. The number of aromatic nitrogens is 1. The van der Waals surface area contributed by atoms with Gasteiger partial charge in [0.1, 0.15) is 0 Å². The molecule has 4 nitrogen and oxygen atoms in total. The van der Waals surface area contributed by atoms with Crippen molar-refractivity contribution in [3.05, 3.63) is 36.7 Å². The summed E-state index contributed by atoms with van der Waals surface area (Å²) in [5.41, 5.74) is 0.645. The van der Waals surface area contributed by atoms with Gasteiger partial charge in [0.05, 0.1) is 5.41 Å². The molecule has 110 valence electrons. The van der Waals surface area contributed by atoms with Gasteiger partial charge in [0.25, 0.3) is 0 Å². The van der Waals surface area contributed by atoms with Crippen molar-refractivity contribution in [3.8, 4) is 0 Å². The molecule has 0 aliphatic carbocycles. The molecule has 0 atom stereocenters. The monoisotopic (exact) mass is 283 g/mol. The normalized spacial score (nSPS) is 17.6. The molecule has 1 amide bonds. The smallest absolute Gasteiger partial charge is 0.230 e. The van der Waals surface area contributed by atoms with Gasteiger partial charge in [-0.05, 0) is 44.5 Å². The first kappa shape index (κ1) is 14.0. The highest BCUT2D eigenvalue weighted by molar-refractivity contribution is 6.03. The molecule has 0 bridgehead atoms. The first-order valence-corrected chi connectivity index (χ1v) is 7.60. The number of rotatable bonds is 3. The Hall–Kier alpha value is -1.94. The van der Waals surface area contributed by atoms with Gasteiger partial charge in [-0.2, -0.15) is 0 Å². The summed E-state index contributed by atoms with van der Waals surface area (Å²) in [6, 6.07) is 7.88. The van der Waals surface area contributed by atoms with Crippen LogP contribution in [0.2, 0.25) is 0 Å². The maximum Gasteiger partial charge on any atom is 0.230 e. The number of amides is 1. The molecule has 1 fully saturated rings. The van der Waals surface area contributed by atoms with E-state index in [1.807, 2.05) is 30.5 Å². The molecule has 2 N–H and O–H groups in total. The number of nitrogens with zero attached hydrogens (tertiary/aromatic N) is 1. The van der Waals surface area contributed by atoms with Gasteiger partial charge in [-0.15, -0.1) is 0 Å². The number of hydrogen-bond acceptors (Lipinski definition) is 3. The third-order valence-corrected chi connectivity index (χ3v) is 4.65. The molecule has 1 aliphatic heterocycles. The van der Waals surface area contributed by atoms with E-state index in [1.54, 1.807) is 6.20 Å². The SMILES string of the molecule is CCC1(C(=O)Nc2cccc3cnccc23)CCNCC1. The fourth-order valence-electron chi connectivity index (χ4n) is 3.13. The maximum atomic E-state index is 12.8. The molecule has 2 heterocycles. The van der Waals surface area contributed by atoms with Gasteiger partial charge in [-0.25, -0.2) is 0 Å². The minimum Gasteiger partial charge on any atom is -0.325 e. The Morgan fingerprint density at radius 1 is 1.33 bits per heavy atom. The van der Waals surface area contributed by atoms with E-state index in [0.717, 1.165) is 48.8 Å². The van der Waals surface area contributed by atoms with Crippen LogP contribution in [0.5, 0.6) is 0 Å². The van der Waals surface area contributed by atoms with Gasteiger partial charge in [-0.3, -0.25) is 9.78 Å². The predicted octanol–water partition coefficient (Wildman–Crippen LogP) is 2.95. The molecule has 1 aliphatic rings. The molecule has 1 saturated heterocycles. The first-order valence-electron chi connectivity index (χ1n) is 7.60. The van der Waals surface area contributed by atoms with Crippen molar-refractivity contribution in [3.63, 3.8) is 0 Å². The highest BCUT2D eigenvalue weighted by Crippen LogP contribution is 2.34. The van der Waals surface area contributed by atoms with Crippen LogP contribution >= 0.6 is 0 Å². The number of nitrogens with one attached hydrogen (secondary N) is 2. The number of carbonyl (C=O) groups is 1. The van der Waals surface area contributed by atoms with E-state index in [0.29, 0.717) is 0 Å². The van der Waals surface area contributed by atoms with E-state index in [-0.39, 0.29) is 11.3 Å². The van der Waals surface area contributed by atoms with E-state index >= 15 is 0 Å². The number of benzene rings is 1. The number of hydrogen-bond donors (Lipinski definition) is 2. The number of carbonyl (C=O) groups excluding carboxylic acids is 1. The quantitative estimate of drug-likeness (QED) is 0.910. The lowest BCUT2D eigenvalue weighted by Crippen LogP contribution is -2.44. The number of fused-ring (bicyclic) bond motifs is 1. The zero-order chi connectivity index (χ0) is 14.7. The van der Waals surface area contributed by atoms with Crippen LogP contribution in [0.4, 0.5) is 5.69 Å². The molecule has 21 heavy (non-hydrogen) atoms. The highest BCUT2D eigenvalue weighted by Gasteiger charge is 2.37. The lowest BCUT2D eigenvalue weighted by molar-refractivity contribution is -0.127. The van der Waals surface area contributed by atoms with Crippen LogP contribution in [0.15, 0.2) is 36.7 Å². The number of anilines is 1. The van der Waals surface area contributed by atoms with Gasteiger partial charge < -0.3 is 10.6 Å². The van der Waals surface area contributed by atoms with Crippen molar-refractivity contribution < 1.29 is 4.79 Å². The lowest BCUT2D eigenvalue weighted by Gasteiger charge is -2.35. The highest BCUT2D eigenvalue weighted by atomic mass is 16.2. The van der Waals surface area contributed by atoms with Gasteiger partial charge in [0.15, 0.2) is 0 Å². The van der Waals surface area contributed by atoms with Crippen LogP contribution in [0.25, 0.3) is 10.8 Å². The Morgan fingerprint density at radius 3 is 2.90 bits per heavy atom. The summed E-state index contributed by atoms with van der Waals surface area (Å²) < 4.78 is 0. The van der Waals surface area contributed by atoms with Crippen LogP contribution in [-0.2, 0) is 4.79 Å². The third-order valence-electron chi connectivity index (χ3n) is 4.65. The van der Waals surface area contributed by atoms with E-state index in [1.165, 1.54) is 0 Å². The van der Waals surface area contributed by atoms with Crippen LogP contribution in [0.1, 0.15) is 26.2 Å². The van der Waals surface area contributed by atoms with Crippen LogP contribution in [0.3, 0.4) is 0 Å². The summed E-state index contributed by atoms with van der Waals surface area (Å²) in [7, 11) is 0. The molecule has 1 aromatic heterocycles. The topological polar surface area (TPSA) is 54.0 Å². The van der Waals surface area contributed by atoms with Crippen molar-refractivity contribution in [1.82, 2.24) is 10.3 Å². The van der Waals surface area contributed by atoms with Gasteiger partial charge >= 0.3 is 0 Å². The van der Waals surface area contributed by atoms with Crippen LogP contribution in [0, 0.1) is 5.41 Å². The maximum absolute atomic E-state index is 12.8. The van der Waals surface area contributed by atoms with E-state index < -0.39 is 0 Å². The summed E-state index contributed by atoms with van der Waals surface area (Å²) in [6.07, 6.45) is 6.28. The summed E-state index contributed by atoms with van der Waals surface area (Å²) in [6.45, 7) is 3.94. The molecular formula is C17H21N3O. The minimum absolute atomic E-state index is 0.149. The van der Waals surface area contributed by atoms with Crippen molar-refractivity contribution >= 4 is 22.4 Å². The zero-order valence-corrected chi connectivity index (χ0v) is 12.4. The molecule has 0 unspecified atom stereocenters. The Kier molecular flexibility index (Phi) is 3.88. The van der Waals surface area contributed by atoms with Crippen LogP contribution < -0.4 is 10.6 Å².